The van der Waals surface area contributed by atoms with E-state index in [-0.39, 0.29) is 19.2 Å². The van der Waals surface area contributed by atoms with Gasteiger partial charge in [-0.25, -0.2) is 0 Å². The van der Waals surface area contributed by atoms with Gasteiger partial charge in [-0.1, -0.05) is 195 Å². The predicted molar refractivity (Wildman–Crippen MR) is 260 cm³/mol. The Labute approximate surface area is 384 Å². The maximum absolute atomic E-state index is 12.8. The molecule has 362 valence electrons. The van der Waals surface area contributed by atoms with Gasteiger partial charge in [0.05, 0.1) is 19.8 Å². The summed E-state index contributed by atoms with van der Waals surface area (Å²) in [5.74, 6) is -0.330. The molecule has 1 fully saturated rings. The van der Waals surface area contributed by atoms with Crippen LogP contribution in [0.4, 0.5) is 0 Å². The predicted octanol–water partition coefficient (Wildman–Crippen LogP) is 12.2. The van der Waals surface area contributed by atoms with Gasteiger partial charge < -0.3 is 39.4 Å². The third-order valence-corrected chi connectivity index (χ3v) is 11.1. The number of hydrogen-bond donors (Lipinski definition) is 4. The minimum Gasteiger partial charge on any atom is -0.457 e. The largest absolute Gasteiger partial charge is 0.457 e. The number of hydrogen-bond acceptors (Lipinski definition) is 9. The van der Waals surface area contributed by atoms with Crippen LogP contribution >= 0.6 is 0 Å². The van der Waals surface area contributed by atoms with Crippen LogP contribution in [0.1, 0.15) is 187 Å². The second kappa shape index (κ2) is 44.6. The SMILES string of the molecule is CC/C=C\C/C=C\C/C=C\C/C=C\C/C=C\C/C=C\C/C=C\CCCCOCC(COC1OC(CO)C(O)C(O)C1O)OC(=O)CCCCCCCCCCCCCCCCCC. The molecule has 0 saturated carbocycles. The molecule has 4 N–H and O–H groups in total. The lowest BCUT2D eigenvalue weighted by Crippen LogP contribution is -2.59. The Morgan fingerprint density at radius 2 is 0.968 bits per heavy atom. The van der Waals surface area contributed by atoms with Crippen molar-refractivity contribution >= 4 is 5.97 Å². The summed E-state index contributed by atoms with van der Waals surface area (Å²) in [7, 11) is 0. The first kappa shape index (κ1) is 58.4. The van der Waals surface area contributed by atoms with Crippen LogP contribution in [0.5, 0.6) is 0 Å². The van der Waals surface area contributed by atoms with Crippen LogP contribution in [-0.4, -0.2) is 89.6 Å². The van der Waals surface area contributed by atoms with E-state index in [4.69, 9.17) is 18.9 Å². The van der Waals surface area contributed by atoms with E-state index in [1.54, 1.807) is 0 Å². The Morgan fingerprint density at radius 3 is 1.43 bits per heavy atom. The Morgan fingerprint density at radius 1 is 0.524 bits per heavy atom. The van der Waals surface area contributed by atoms with Crippen LogP contribution in [0.15, 0.2) is 85.1 Å². The number of unbranched alkanes of at least 4 members (excludes halogenated alkanes) is 17. The molecule has 1 aliphatic rings. The zero-order chi connectivity index (χ0) is 45.7. The van der Waals surface area contributed by atoms with Gasteiger partial charge in [0, 0.05) is 13.0 Å². The van der Waals surface area contributed by atoms with Gasteiger partial charge in [0.15, 0.2) is 6.29 Å². The molecule has 0 amide bonds. The first-order valence-corrected chi connectivity index (χ1v) is 25.2. The molecule has 1 aliphatic heterocycles. The molecule has 1 heterocycles. The molecular weight excluding hydrogens is 793 g/mol. The Bertz CT molecular complexity index is 1240. The lowest BCUT2D eigenvalue weighted by molar-refractivity contribution is -0.305. The van der Waals surface area contributed by atoms with E-state index >= 15 is 0 Å². The van der Waals surface area contributed by atoms with Gasteiger partial charge >= 0.3 is 5.97 Å². The zero-order valence-electron chi connectivity index (χ0n) is 39.8. The monoisotopic (exact) mass is 885 g/mol. The molecule has 1 rings (SSSR count). The van der Waals surface area contributed by atoms with Crippen molar-refractivity contribution in [1.29, 1.82) is 0 Å². The van der Waals surface area contributed by atoms with E-state index in [2.05, 4.69) is 98.9 Å². The third kappa shape index (κ3) is 35.3. The van der Waals surface area contributed by atoms with Crippen LogP contribution in [0.2, 0.25) is 0 Å². The maximum Gasteiger partial charge on any atom is 0.306 e. The summed E-state index contributed by atoms with van der Waals surface area (Å²) in [6.45, 7) is 4.34. The first-order chi connectivity index (χ1) is 30.9. The summed E-state index contributed by atoms with van der Waals surface area (Å²) >= 11 is 0. The molecular formula is C54H92O9. The van der Waals surface area contributed by atoms with Gasteiger partial charge in [0.1, 0.15) is 30.5 Å². The molecule has 9 heteroatoms. The molecule has 6 unspecified atom stereocenters. The number of rotatable bonds is 42. The summed E-state index contributed by atoms with van der Waals surface area (Å²) in [6, 6.07) is 0. The highest BCUT2D eigenvalue weighted by molar-refractivity contribution is 5.69. The van der Waals surface area contributed by atoms with Crippen molar-refractivity contribution in [2.75, 3.05) is 26.4 Å². The smallest absolute Gasteiger partial charge is 0.306 e. The molecule has 0 aromatic heterocycles. The first-order valence-electron chi connectivity index (χ1n) is 25.2. The average molecular weight is 885 g/mol. The van der Waals surface area contributed by atoms with E-state index in [9.17, 15) is 25.2 Å². The van der Waals surface area contributed by atoms with Gasteiger partial charge in [-0.05, 0) is 70.6 Å². The fourth-order valence-corrected chi connectivity index (χ4v) is 7.18. The number of carbonyl (C=O) groups excluding carboxylic acids is 1. The van der Waals surface area contributed by atoms with Crippen molar-refractivity contribution in [3.8, 4) is 0 Å². The number of esters is 1. The van der Waals surface area contributed by atoms with Crippen LogP contribution in [0.3, 0.4) is 0 Å². The summed E-state index contributed by atoms with van der Waals surface area (Å²) in [6.07, 6.45) is 53.3. The molecule has 63 heavy (non-hydrogen) atoms. The summed E-state index contributed by atoms with van der Waals surface area (Å²) < 4.78 is 22.8. The fourth-order valence-electron chi connectivity index (χ4n) is 7.18. The number of allylic oxidation sites excluding steroid dienone is 14. The van der Waals surface area contributed by atoms with Gasteiger partial charge in [-0.15, -0.1) is 0 Å². The topological polar surface area (TPSA) is 135 Å². The van der Waals surface area contributed by atoms with E-state index < -0.39 is 43.4 Å². The number of ether oxygens (including phenoxy) is 4. The van der Waals surface area contributed by atoms with E-state index in [1.807, 2.05) is 0 Å². The van der Waals surface area contributed by atoms with Crippen LogP contribution in [-0.2, 0) is 23.7 Å². The van der Waals surface area contributed by atoms with Gasteiger partial charge in [0.2, 0.25) is 0 Å². The van der Waals surface area contributed by atoms with E-state index in [1.165, 1.54) is 83.5 Å². The third-order valence-electron chi connectivity index (χ3n) is 11.1. The molecule has 0 aromatic rings. The van der Waals surface area contributed by atoms with Crippen molar-refractivity contribution in [1.82, 2.24) is 0 Å². The van der Waals surface area contributed by atoms with Crippen molar-refractivity contribution in [3.63, 3.8) is 0 Å². The van der Waals surface area contributed by atoms with Gasteiger partial charge in [-0.3, -0.25) is 4.79 Å². The number of carbonyl (C=O) groups is 1. The highest BCUT2D eigenvalue weighted by Crippen LogP contribution is 2.22. The lowest BCUT2D eigenvalue weighted by Gasteiger charge is -2.39. The van der Waals surface area contributed by atoms with Crippen molar-refractivity contribution in [2.45, 2.75) is 224 Å². The normalized spacial score (nSPS) is 20.4. The highest BCUT2D eigenvalue weighted by Gasteiger charge is 2.44. The van der Waals surface area contributed by atoms with Crippen molar-refractivity contribution in [2.24, 2.45) is 0 Å². The minimum absolute atomic E-state index is 0.112. The molecule has 0 radical (unpaired) electrons. The van der Waals surface area contributed by atoms with Gasteiger partial charge in [-0.2, -0.15) is 0 Å². The quantitative estimate of drug-likeness (QED) is 0.0268. The molecule has 0 aliphatic carbocycles. The van der Waals surface area contributed by atoms with Crippen molar-refractivity contribution in [3.05, 3.63) is 85.1 Å². The Hall–Kier alpha value is -2.63. The van der Waals surface area contributed by atoms with Crippen LogP contribution in [0.25, 0.3) is 0 Å². The van der Waals surface area contributed by atoms with Gasteiger partial charge in [0.25, 0.3) is 0 Å². The fraction of sp³-hybridized carbons (Fsp3) is 0.722. The van der Waals surface area contributed by atoms with Crippen LogP contribution < -0.4 is 0 Å². The van der Waals surface area contributed by atoms with Crippen LogP contribution in [0, 0.1) is 0 Å². The Kier molecular flexibility index (Phi) is 41.3. The maximum atomic E-state index is 12.8. The summed E-state index contributed by atoms with van der Waals surface area (Å²) in [5.41, 5.74) is 0. The second-order valence-electron chi connectivity index (χ2n) is 16.9. The standard InChI is InChI=1S/C54H92O9/c1-3-5-7-9-11-13-15-17-19-21-22-23-24-25-26-27-28-30-32-34-36-38-40-42-44-60-46-48(47-61-54-53(59)52(58)51(57)49(45-55)63-54)62-50(56)43-41-39-37-35-33-31-29-20-18-16-14-12-10-8-6-4-2/h5,7,11,13,17,19,22-23,25-26,28,30,34,36,48-49,51-55,57-59H,3-4,6,8-10,12,14-16,18,20-21,24,27,29,31-33,35,37-47H2,1-2H3/b7-5-,13-11-,19-17-,23-22-,26-25-,30-28-,36-34-. The van der Waals surface area contributed by atoms with E-state index in [0.717, 1.165) is 83.5 Å². The Balaban J connectivity index is 2.27. The molecule has 1 saturated heterocycles. The zero-order valence-corrected chi connectivity index (χ0v) is 39.8. The summed E-state index contributed by atoms with van der Waals surface area (Å²) in [5, 5.41) is 40.2. The molecule has 9 nitrogen and oxygen atoms in total. The number of aliphatic hydroxyl groups is 4. The highest BCUT2D eigenvalue weighted by atomic mass is 16.7. The second-order valence-corrected chi connectivity index (χ2v) is 16.9. The summed E-state index contributed by atoms with van der Waals surface area (Å²) in [4.78, 5) is 12.8. The minimum atomic E-state index is -1.55. The molecule has 6 atom stereocenters. The van der Waals surface area contributed by atoms with E-state index in [0.29, 0.717) is 13.0 Å². The molecule has 0 spiro atoms. The number of aliphatic hydroxyl groups excluding tert-OH is 4. The average Bonchev–Trinajstić information content (AvgIpc) is 3.28. The molecule has 0 bridgehead atoms. The molecule has 0 aromatic carbocycles. The van der Waals surface area contributed by atoms with Crippen molar-refractivity contribution < 1.29 is 44.2 Å². The lowest BCUT2D eigenvalue weighted by atomic mass is 9.99.